The molecule has 5 nitrogen and oxygen atoms in total. The van der Waals surface area contributed by atoms with Crippen LogP contribution in [0.25, 0.3) is 132 Å². The van der Waals surface area contributed by atoms with Crippen LogP contribution in [0, 0.1) is 0 Å². The van der Waals surface area contributed by atoms with E-state index in [0.29, 0.717) is 17.1 Å². The SMILES string of the molecule is CC(C)(C)c1ccc2c(c1)c1cc(C(C)(C)C)ccc1n2-c1ccc2c(c1)c1cc3cc(c4cc5ccccc5cc4c4nc(-c5ccccc5)nc(n4)c4cc5ccccc5cc34)c1n2-c1ccccc1. The highest BCUT2D eigenvalue weighted by atomic mass is 15.0. The summed E-state index contributed by atoms with van der Waals surface area (Å²) in [6.45, 7) is 13.8. The summed E-state index contributed by atoms with van der Waals surface area (Å²) < 4.78 is 4.96. The molecule has 0 aliphatic carbocycles. The second-order valence-electron chi connectivity index (χ2n) is 21.8. The molecule has 0 unspecified atom stereocenters. The predicted octanol–water partition coefficient (Wildman–Crippen LogP) is 17.8. The summed E-state index contributed by atoms with van der Waals surface area (Å²) in [5, 5.41) is 15.7. The molecule has 14 rings (SSSR count). The van der Waals surface area contributed by atoms with Crippen molar-refractivity contribution >= 4 is 109 Å². The fraction of sp³-hybridized carbons (Fsp3) is 0.119. The second-order valence-corrected chi connectivity index (χ2v) is 21.8. The lowest BCUT2D eigenvalue weighted by Crippen LogP contribution is -2.10. The fourth-order valence-corrected chi connectivity index (χ4v) is 11.4. The maximum absolute atomic E-state index is 5.46. The number of fused-ring (bicyclic) bond motifs is 19. The van der Waals surface area contributed by atoms with Gasteiger partial charge in [-0.2, -0.15) is 0 Å². The molecule has 0 fully saturated rings. The topological polar surface area (TPSA) is 48.5 Å². The van der Waals surface area contributed by atoms with Crippen LogP contribution in [0.2, 0.25) is 0 Å². The molecule has 14 aromatic rings. The van der Waals surface area contributed by atoms with E-state index in [0.717, 1.165) is 87.2 Å². The average Bonchev–Trinajstić information content (AvgIpc) is 3.91. The van der Waals surface area contributed by atoms with E-state index in [1.165, 1.54) is 38.3 Å². The Kier molecular flexibility index (Phi) is 9.04. The first kappa shape index (κ1) is 42.2. The second kappa shape index (κ2) is 15.4. The van der Waals surface area contributed by atoms with Gasteiger partial charge in [0, 0.05) is 54.6 Å². The van der Waals surface area contributed by atoms with Gasteiger partial charge in [0.15, 0.2) is 17.1 Å². The lowest BCUT2D eigenvalue weighted by atomic mass is 9.85. The van der Waals surface area contributed by atoms with Crippen molar-refractivity contribution in [2.75, 3.05) is 0 Å². The van der Waals surface area contributed by atoms with Crippen LogP contribution in [0.15, 0.2) is 200 Å². The highest BCUT2D eigenvalue weighted by molar-refractivity contribution is 6.26. The summed E-state index contributed by atoms with van der Waals surface area (Å²) in [4.78, 5) is 16.2. The van der Waals surface area contributed by atoms with Crippen LogP contribution >= 0.6 is 0 Å². The normalized spacial score (nSPS) is 12.6. The molecule has 10 aromatic carbocycles. The van der Waals surface area contributed by atoms with Crippen LogP contribution in [0.4, 0.5) is 0 Å². The molecule has 0 aliphatic rings. The summed E-state index contributed by atoms with van der Waals surface area (Å²) in [5.74, 6) is 0.642. The fourth-order valence-electron chi connectivity index (χ4n) is 11.4. The number of hydrogen-bond acceptors (Lipinski definition) is 3. The van der Waals surface area contributed by atoms with E-state index in [2.05, 4.69) is 233 Å². The first-order chi connectivity index (χ1) is 34.9. The Balaban J connectivity index is 1.20. The molecule has 0 aliphatic heterocycles. The molecule has 72 heavy (non-hydrogen) atoms. The molecule has 0 spiro atoms. The van der Waals surface area contributed by atoms with E-state index in [-0.39, 0.29) is 10.8 Å². The van der Waals surface area contributed by atoms with Crippen LogP contribution in [-0.4, -0.2) is 24.1 Å². The minimum absolute atomic E-state index is 0.00250. The van der Waals surface area contributed by atoms with E-state index >= 15 is 0 Å². The predicted molar refractivity (Wildman–Crippen MR) is 305 cm³/mol. The smallest absolute Gasteiger partial charge is 0.164 e. The molecule has 4 heterocycles. The lowest BCUT2D eigenvalue weighted by molar-refractivity contribution is 0.590. The zero-order valence-corrected chi connectivity index (χ0v) is 41.3. The van der Waals surface area contributed by atoms with Crippen molar-refractivity contribution in [2.45, 2.75) is 52.4 Å². The molecule has 4 bridgehead atoms. The summed E-state index contributed by atoms with van der Waals surface area (Å²) >= 11 is 0. The van der Waals surface area contributed by atoms with Gasteiger partial charge in [-0.3, -0.25) is 0 Å². The van der Waals surface area contributed by atoms with Crippen molar-refractivity contribution in [1.29, 1.82) is 0 Å². The van der Waals surface area contributed by atoms with Gasteiger partial charge in [0.05, 0.1) is 22.1 Å². The maximum Gasteiger partial charge on any atom is 0.164 e. The van der Waals surface area contributed by atoms with E-state index in [1.807, 2.05) is 18.2 Å². The molecule has 0 saturated heterocycles. The highest BCUT2D eigenvalue weighted by Crippen LogP contribution is 2.44. The first-order valence-corrected chi connectivity index (χ1v) is 25.1. The van der Waals surface area contributed by atoms with Crippen LogP contribution in [0.1, 0.15) is 52.7 Å². The van der Waals surface area contributed by atoms with Gasteiger partial charge in [0.1, 0.15) is 0 Å². The van der Waals surface area contributed by atoms with Crippen LogP contribution in [0.3, 0.4) is 0 Å². The molecule has 344 valence electrons. The van der Waals surface area contributed by atoms with Crippen molar-refractivity contribution in [3.8, 4) is 22.8 Å². The summed E-state index contributed by atoms with van der Waals surface area (Å²) in [5.41, 5.74) is 11.7. The van der Waals surface area contributed by atoms with E-state index in [1.54, 1.807) is 0 Å². The zero-order valence-electron chi connectivity index (χ0n) is 41.3. The largest absolute Gasteiger partial charge is 0.309 e. The Morgan fingerprint density at radius 2 is 0.736 bits per heavy atom. The molecule has 0 atom stereocenters. The third-order valence-electron chi connectivity index (χ3n) is 15.1. The van der Waals surface area contributed by atoms with Crippen molar-refractivity contribution in [2.24, 2.45) is 0 Å². The van der Waals surface area contributed by atoms with Crippen molar-refractivity contribution < 1.29 is 0 Å². The van der Waals surface area contributed by atoms with Crippen molar-refractivity contribution in [3.63, 3.8) is 0 Å². The summed E-state index contributed by atoms with van der Waals surface area (Å²) in [7, 11) is 0. The minimum atomic E-state index is 0.00250. The van der Waals surface area contributed by atoms with Crippen molar-refractivity contribution in [1.82, 2.24) is 24.1 Å². The van der Waals surface area contributed by atoms with Gasteiger partial charge in [-0.25, -0.2) is 15.0 Å². The Morgan fingerprint density at radius 1 is 0.306 bits per heavy atom. The number of nitrogens with zero attached hydrogens (tertiary/aromatic N) is 5. The quantitative estimate of drug-likeness (QED) is 0.177. The number of para-hydroxylation sites is 1. The van der Waals surface area contributed by atoms with Gasteiger partial charge in [0.2, 0.25) is 0 Å². The maximum atomic E-state index is 5.46. The number of aromatic nitrogens is 5. The third-order valence-corrected chi connectivity index (χ3v) is 15.1. The summed E-state index contributed by atoms with van der Waals surface area (Å²) in [6.07, 6.45) is 0. The van der Waals surface area contributed by atoms with Gasteiger partial charge < -0.3 is 9.13 Å². The van der Waals surface area contributed by atoms with Gasteiger partial charge in [-0.05, 0) is 151 Å². The Labute approximate surface area is 417 Å². The molecule has 4 aromatic heterocycles. The highest BCUT2D eigenvalue weighted by Gasteiger charge is 2.24. The Hall–Kier alpha value is -8.67. The van der Waals surface area contributed by atoms with Crippen LogP contribution in [0.5, 0.6) is 0 Å². The molecular weight excluding hydrogens is 875 g/mol. The molecule has 5 heteroatoms. The van der Waals surface area contributed by atoms with Gasteiger partial charge >= 0.3 is 0 Å². The monoisotopic (exact) mass is 925 g/mol. The molecule has 0 amide bonds. The summed E-state index contributed by atoms with van der Waals surface area (Å²) in [6, 6.07) is 73.8. The Morgan fingerprint density at radius 3 is 1.29 bits per heavy atom. The van der Waals surface area contributed by atoms with E-state index in [9.17, 15) is 0 Å². The first-order valence-electron chi connectivity index (χ1n) is 25.1. The molecule has 0 N–H and O–H groups in total. The van der Waals surface area contributed by atoms with Gasteiger partial charge in [0.25, 0.3) is 0 Å². The molecular formula is C67H51N5. The van der Waals surface area contributed by atoms with E-state index in [4.69, 9.17) is 15.0 Å². The van der Waals surface area contributed by atoms with Gasteiger partial charge in [-0.1, -0.05) is 151 Å². The number of hydrogen-bond donors (Lipinski definition) is 0. The Bertz CT molecular complexity index is 4550. The lowest BCUT2D eigenvalue weighted by Gasteiger charge is -2.19. The standard InChI is InChI=1S/C67H51N5/c1-66(2,3)46-25-28-59-52(37-46)53-38-47(67(4,5)6)26-29-60(53)71(59)49-27-30-61-54(39-49)56-36-45-35-55(62(56)72(61)48-23-11-8-12-24-48)51-32-42-20-14-16-22-44(42)34-58(51)65-69-63(40-17-9-7-10-18-40)68-64(70-65)57-33-43-21-15-13-19-41(43)31-50(45)57/h7-39H,1-6H3. The average molecular weight is 926 g/mol. The van der Waals surface area contributed by atoms with Gasteiger partial charge in [-0.15, -0.1) is 0 Å². The zero-order chi connectivity index (χ0) is 48.6. The third kappa shape index (κ3) is 6.57. The van der Waals surface area contributed by atoms with E-state index < -0.39 is 0 Å². The number of rotatable bonds is 3. The van der Waals surface area contributed by atoms with Crippen molar-refractivity contribution in [3.05, 3.63) is 211 Å². The molecule has 0 radical (unpaired) electrons. The van der Waals surface area contributed by atoms with Crippen LogP contribution in [-0.2, 0) is 10.8 Å². The number of benzene rings is 10. The van der Waals surface area contributed by atoms with Crippen LogP contribution < -0.4 is 0 Å². The molecule has 0 saturated carbocycles. The minimum Gasteiger partial charge on any atom is -0.309 e.